The first-order chi connectivity index (χ1) is 37.6. The number of ether oxygens (including phenoxy) is 8. The molecular formula is C54H86O26. The molecule has 0 radical (unpaired) electrons. The first-order valence-corrected chi connectivity index (χ1v) is 28.2. The second-order valence-corrected chi connectivity index (χ2v) is 25.9. The van der Waals surface area contributed by atoms with E-state index in [0.717, 1.165) is 5.57 Å². The molecule has 4 saturated heterocycles. The van der Waals surface area contributed by atoms with Crippen molar-refractivity contribution in [2.75, 3.05) is 33.0 Å². The fraction of sp³-hybridized carbons (Fsp3) is 0.926. The summed E-state index contributed by atoms with van der Waals surface area (Å²) in [5, 5.41) is 171. The van der Waals surface area contributed by atoms with Crippen LogP contribution in [-0.4, -0.2) is 256 Å². The number of aliphatic hydroxyl groups is 15. The number of carboxylic acid groups (broad SMARTS) is 1. The molecule has 0 spiro atoms. The first-order valence-electron chi connectivity index (χ1n) is 28.2. The number of allylic oxidation sites excluding steroid dienone is 2. The summed E-state index contributed by atoms with van der Waals surface area (Å²) in [6.45, 7) is 6.88. The number of carboxylic acids is 1. The summed E-state index contributed by atoms with van der Waals surface area (Å²) < 4.78 is 47.1. The topological polar surface area (TPSA) is 432 Å². The van der Waals surface area contributed by atoms with Crippen LogP contribution in [0.3, 0.4) is 0 Å². The molecule has 0 amide bonds. The van der Waals surface area contributed by atoms with Crippen molar-refractivity contribution in [3.05, 3.63) is 11.6 Å². The molecule has 4 aliphatic heterocycles. The van der Waals surface area contributed by atoms with Gasteiger partial charge in [0.2, 0.25) is 6.29 Å². The van der Waals surface area contributed by atoms with Crippen LogP contribution in [0.15, 0.2) is 11.6 Å². The molecule has 458 valence electrons. The number of esters is 1. The number of rotatable bonds is 14. The van der Waals surface area contributed by atoms with Crippen LogP contribution in [-0.2, 0) is 47.5 Å². The molecule has 4 saturated carbocycles. The van der Waals surface area contributed by atoms with Crippen molar-refractivity contribution < 1.29 is 129 Å². The number of aliphatic carboxylic acids is 1. The minimum absolute atomic E-state index is 0.0957. The standard InChI is InChI=1S/C54H86O26/c1-49(21-58)12-14-54(48(72)80-46-41(69)42(79-45-40(68)37(65)33(61)26(19-57)76-45)34(62)27(77-46)20-73-43-38(66)35(63)31(59)24(17-55)74-43)15-13-51(3)22(23(54)16-49)6-7-28-50(2)10-9-30(53(5,47(70)71)29(50)8-11-52(28,51)4)78-44-39(67)36(64)32(60)25(18-56)75-44/h6,23-46,55-69H,7-21H2,1-5H3,(H,70,71)/t23-,24+,25+,26+,27+,28+,29+,30-,31+,32+,33+,34+,35-,36-,37-,38+,39+,40+,41+,42-,43+,44-,45-,46-,49+,50+,51+,52+,53-,54-/m0/s1. The van der Waals surface area contributed by atoms with E-state index in [1.807, 2.05) is 6.92 Å². The first kappa shape index (κ1) is 62.3. The van der Waals surface area contributed by atoms with Crippen LogP contribution >= 0.6 is 0 Å². The van der Waals surface area contributed by atoms with E-state index >= 15 is 4.79 Å². The van der Waals surface area contributed by atoms with Crippen molar-refractivity contribution in [1.29, 1.82) is 0 Å². The summed E-state index contributed by atoms with van der Waals surface area (Å²) in [5.41, 5.74) is -4.18. The second kappa shape index (κ2) is 22.9. The summed E-state index contributed by atoms with van der Waals surface area (Å²) in [7, 11) is 0. The predicted molar refractivity (Wildman–Crippen MR) is 266 cm³/mol. The molecule has 30 atom stereocenters. The lowest BCUT2D eigenvalue weighted by Gasteiger charge is -2.71. The van der Waals surface area contributed by atoms with Gasteiger partial charge in [0.1, 0.15) is 97.7 Å². The summed E-state index contributed by atoms with van der Waals surface area (Å²) >= 11 is 0. The minimum atomic E-state index is -2.07. The van der Waals surface area contributed by atoms with E-state index in [1.54, 1.807) is 6.92 Å². The number of hydrogen-bond donors (Lipinski definition) is 16. The monoisotopic (exact) mass is 1150 g/mol. The van der Waals surface area contributed by atoms with Crippen LogP contribution in [0.25, 0.3) is 0 Å². The van der Waals surface area contributed by atoms with Crippen LogP contribution in [0.2, 0.25) is 0 Å². The third kappa shape index (κ3) is 9.92. The Morgan fingerprint density at radius 3 is 1.64 bits per heavy atom. The molecule has 0 unspecified atom stereocenters. The van der Waals surface area contributed by atoms with E-state index in [0.29, 0.717) is 44.9 Å². The highest BCUT2D eigenvalue weighted by Crippen LogP contribution is 2.76. The SMILES string of the molecule is C[C@@]1(CO)CC[C@]2(C(=O)O[C@@H]3O[C@H](CO[C@@H]4O[C@H](CO)[C@@H](O)[C@H](O)[C@H]4O)[C@@H](O)[C@H](O[C@@H]4O[C@H](CO)[C@@H](O)[C@H](O)[C@H]4O)[C@H]3O)CC[C@]3(C)C(=CC[C@@H]4[C@@]5(C)CC[C@H](O[C@@H]6O[C@H](CO)[C@@H](O)[C@H](O)[C@H]6O)[C@@](C)(C(=O)O)[C@@H]5CC[C@]43C)[C@@H]2C1. The Balaban J connectivity index is 1.00. The lowest BCUT2D eigenvalue weighted by atomic mass is 9.33. The van der Waals surface area contributed by atoms with Gasteiger partial charge in [0, 0.05) is 6.61 Å². The molecule has 8 fully saturated rings. The smallest absolute Gasteiger partial charge is 0.315 e. The maximum absolute atomic E-state index is 15.5. The van der Waals surface area contributed by atoms with Crippen LogP contribution in [0.4, 0.5) is 0 Å². The van der Waals surface area contributed by atoms with Gasteiger partial charge in [0.15, 0.2) is 18.9 Å². The van der Waals surface area contributed by atoms with Crippen LogP contribution in [0.5, 0.6) is 0 Å². The molecule has 0 aromatic heterocycles. The highest BCUT2D eigenvalue weighted by atomic mass is 16.8. The van der Waals surface area contributed by atoms with Gasteiger partial charge in [-0.3, -0.25) is 9.59 Å². The van der Waals surface area contributed by atoms with E-state index < -0.39 is 212 Å². The molecule has 26 heteroatoms. The number of carbonyl (C=O) groups excluding carboxylic acids is 1. The second-order valence-electron chi connectivity index (χ2n) is 25.9. The van der Waals surface area contributed by atoms with E-state index in [2.05, 4.69) is 26.8 Å². The predicted octanol–water partition coefficient (Wildman–Crippen LogP) is -4.00. The van der Waals surface area contributed by atoms with Crippen LogP contribution in [0.1, 0.15) is 98.8 Å². The van der Waals surface area contributed by atoms with Gasteiger partial charge in [-0.2, -0.15) is 0 Å². The molecule has 26 nitrogen and oxygen atoms in total. The molecule has 80 heavy (non-hydrogen) atoms. The zero-order valence-corrected chi connectivity index (χ0v) is 45.8. The molecule has 5 aliphatic carbocycles. The molecule has 9 aliphatic rings. The quantitative estimate of drug-likeness (QED) is 0.0448. The fourth-order valence-electron chi connectivity index (χ4n) is 16.4. The number of carbonyl (C=O) groups is 2. The van der Waals surface area contributed by atoms with Crippen molar-refractivity contribution >= 4 is 11.9 Å². The Kier molecular flexibility index (Phi) is 17.8. The van der Waals surface area contributed by atoms with Gasteiger partial charge in [0.25, 0.3) is 0 Å². The summed E-state index contributed by atoms with van der Waals surface area (Å²) in [6.07, 6.45) is -30.0. The van der Waals surface area contributed by atoms with Gasteiger partial charge < -0.3 is 120 Å². The van der Waals surface area contributed by atoms with E-state index in [9.17, 15) is 86.5 Å². The van der Waals surface area contributed by atoms with Crippen molar-refractivity contribution in [3.8, 4) is 0 Å². The van der Waals surface area contributed by atoms with Gasteiger partial charge in [-0.25, -0.2) is 0 Å². The molecule has 0 aromatic carbocycles. The van der Waals surface area contributed by atoms with Gasteiger partial charge >= 0.3 is 11.9 Å². The number of fused-ring (bicyclic) bond motifs is 7. The van der Waals surface area contributed by atoms with Crippen molar-refractivity contribution in [1.82, 2.24) is 0 Å². The third-order valence-corrected chi connectivity index (χ3v) is 21.8. The average molecular weight is 1150 g/mol. The van der Waals surface area contributed by atoms with Crippen LogP contribution < -0.4 is 0 Å². The van der Waals surface area contributed by atoms with Gasteiger partial charge in [0.05, 0.1) is 43.4 Å². The van der Waals surface area contributed by atoms with Crippen LogP contribution in [0, 0.1) is 50.2 Å². The zero-order chi connectivity index (χ0) is 58.6. The Morgan fingerprint density at radius 2 is 1.09 bits per heavy atom. The lowest BCUT2D eigenvalue weighted by Crippen LogP contribution is -2.68. The Labute approximate surface area is 462 Å². The largest absolute Gasteiger partial charge is 0.481 e. The molecule has 0 aromatic rings. The zero-order valence-electron chi connectivity index (χ0n) is 45.8. The molecule has 16 N–H and O–H groups in total. The third-order valence-electron chi connectivity index (χ3n) is 21.8. The van der Waals surface area contributed by atoms with Crippen molar-refractivity contribution in [3.63, 3.8) is 0 Å². The Morgan fingerprint density at radius 1 is 0.562 bits per heavy atom. The molecule has 0 bridgehead atoms. The van der Waals surface area contributed by atoms with Gasteiger partial charge in [-0.15, -0.1) is 0 Å². The van der Waals surface area contributed by atoms with Gasteiger partial charge in [-0.05, 0) is 111 Å². The van der Waals surface area contributed by atoms with Crippen molar-refractivity contribution in [2.45, 2.75) is 228 Å². The van der Waals surface area contributed by atoms with Gasteiger partial charge in [-0.1, -0.05) is 39.3 Å². The highest BCUT2D eigenvalue weighted by molar-refractivity contribution is 5.79. The molecule has 9 rings (SSSR count). The normalized spacial score (nSPS) is 54.2. The maximum atomic E-state index is 15.5. The number of aliphatic hydroxyl groups excluding tert-OH is 15. The maximum Gasteiger partial charge on any atom is 0.315 e. The lowest BCUT2D eigenvalue weighted by molar-refractivity contribution is -0.363. The molecule has 4 heterocycles. The molecular weight excluding hydrogens is 1060 g/mol. The van der Waals surface area contributed by atoms with E-state index in [4.69, 9.17) is 37.9 Å². The Bertz CT molecular complexity index is 2240. The van der Waals surface area contributed by atoms with Crippen molar-refractivity contribution in [2.24, 2.45) is 50.2 Å². The summed E-state index contributed by atoms with van der Waals surface area (Å²) in [4.78, 5) is 29.2. The van der Waals surface area contributed by atoms with E-state index in [-0.39, 0.29) is 31.8 Å². The summed E-state index contributed by atoms with van der Waals surface area (Å²) in [6, 6.07) is 0. The fourth-order valence-corrected chi connectivity index (χ4v) is 16.4. The highest BCUT2D eigenvalue weighted by Gasteiger charge is 2.72. The van der Waals surface area contributed by atoms with E-state index in [1.165, 1.54) is 0 Å². The Hall–Kier alpha value is -2.20. The number of hydrogen-bond acceptors (Lipinski definition) is 25. The minimum Gasteiger partial charge on any atom is -0.481 e. The average Bonchev–Trinajstić information content (AvgIpc) is 3.43. The summed E-state index contributed by atoms with van der Waals surface area (Å²) in [5.74, 6) is -3.01.